The van der Waals surface area contributed by atoms with Crippen LogP contribution in [0, 0.1) is 0 Å². The Morgan fingerprint density at radius 1 is 1.25 bits per heavy atom. The van der Waals surface area contributed by atoms with Gasteiger partial charge in [0.25, 0.3) is 0 Å². The van der Waals surface area contributed by atoms with E-state index in [2.05, 4.69) is 70.0 Å². The van der Waals surface area contributed by atoms with E-state index in [0.29, 0.717) is 6.54 Å². The first-order valence-electron chi connectivity index (χ1n) is 8.40. The van der Waals surface area contributed by atoms with E-state index in [1.54, 1.807) is 0 Å². The summed E-state index contributed by atoms with van der Waals surface area (Å²) in [5.74, 6) is 0.107. The Balaban J connectivity index is 1.68. The van der Waals surface area contributed by atoms with E-state index in [0.717, 1.165) is 25.3 Å². The third kappa shape index (κ3) is 2.83. The predicted octanol–water partition coefficient (Wildman–Crippen LogP) is 1.49. The van der Waals surface area contributed by atoms with E-state index in [9.17, 15) is 4.79 Å². The largest absolute Gasteiger partial charge is 0.360 e. The summed E-state index contributed by atoms with van der Waals surface area (Å²) in [6.07, 6.45) is 6.67. The molecule has 1 amide bonds. The van der Waals surface area contributed by atoms with Crippen LogP contribution >= 0.6 is 0 Å². The second-order valence-electron chi connectivity index (χ2n) is 6.48. The van der Waals surface area contributed by atoms with Gasteiger partial charge in [0.15, 0.2) is 0 Å². The number of rotatable bonds is 3. The van der Waals surface area contributed by atoms with Gasteiger partial charge in [-0.15, -0.1) is 0 Å². The number of hydrogen-bond donors (Lipinski definition) is 2. The third-order valence-corrected chi connectivity index (χ3v) is 4.63. The summed E-state index contributed by atoms with van der Waals surface area (Å²) >= 11 is 0. The monoisotopic (exact) mass is 322 g/mol. The van der Waals surface area contributed by atoms with Crippen LogP contribution in [0.15, 0.2) is 60.0 Å². The van der Waals surface area contributed by atoms with Gasteiger partial charge in [-0.3, -0.25) is 9.69 Å². The molecule has 3 heterocycles. The number of carbonyl (C=O) groups is 1. The molecular formula is C19H22N4O. The highest BCUT2D eigenvalue weighted by Gasteiger charge is 2.32. The molecule has 5 nitrogen and oxygen atoms in total. The van der Waals surface area contributed by atoms with Crippen molar-refractivity contribution in [1.82, 2.24) is 20.4 Å². The van der Waals surface area contributed by atoms with Crippen molar-refractivity contribution >= 4 is 11.6 Å². The molecular weight excluding hydrogens is 300 g/mol. The van der Waals surface area contributed by atoms with Crippen LogP contribution in [0.5, 0.6) is 0 Å². The highest BCUT2D eigenvalue weighted by molar-refractivity contribution is 5.79. The first-order valence-corrected chi connectivity index (χ1v) is 8.40. The molecule has 0 saturated carbocycles. The number of piperazine rings is 1. The van der Waals surface area contributed by atoms with E-state index in [-0.39, 0.29) is 12.1 Å². The standard InChI is InChI=1S/C19H22N4O/c1-14-7-8-17-21-19(15-5-3-2-4-6-15)16(23(17)11-14)12-22-10-9-20-18(24)13-22/h2-8,11,17,21H,9-10,12-13H2,1H3,(H,20,24). The van der Waals surface area contributed by atoms with Crippen molar-refractivity contribution in [1.29, 1.82) is 0 Å². The van der Waals surface area contributed by atoms with Gasteiger partial charge >= 0.3 is 0 Å². The molecule has 4 rings (SSSR count). The molecule has 3 aliphatic heterocycles. The lowest BCUT2D eigenvalue weighted by atomic mass is 10.1. The summed E-state index contributed by atoms with van der Waals surface area (Å²) in [5, 5.41) is 6.52. The minimum absolute atomic E-state index is 0.107. The molecule has 1 unspecified atom stereocenters. The first kappa shape index (κ1) is 15.0. The van der Waals surface area contributed by atoms with Gasteiger partial charge in [-0.2, -0.15) is 0 Å². The summed E-state index contributed by atoms with van der Waals surface area (Å²) in [6, 6.07) is 10.4. The molecule has 0 aliphatic carbocycles. The van der Waals surface area contributed by atoms with Gasteiger partial charge in [0.1, 0.15) is 6.17 Å². The summed E-state index contributed by atoms with van der Waals surface area (Å²) in [5.41, 5.74) is 4.80. The van der Waals surface area contributed by atoms with Crippen molar-refractivity contribution in [3.63, 3.8) is 0 Å². The number of amides is 1. The molecule has 1 fully saturated rings. The van der Waals surface area contributed by atoms with E-state index in [4.69, 9.17) is 0 Å². The maximum atomic E-state index is 11.7. The summed E-state index contributed by atoms with van der Waals surface area (Å²) in [6.45, 7) is 4.94. The summed E-state index contributed by atoms with van der Waals surface area (Å²) < 4.78 is 0. The van der Waals surface area contributed by atoms with Crippen LogP contribution in [0.2, 0.25) is 0 Å². The van der Waals surface area contributed by atoms with Crippen LogP contribution in [0.4, 0.5) is 0 Å². The molecule has 124 valence electrons. The Morgan fingerprint density at radius 3 is 2.88 bits per heavy atom. The number of allylic oxidation sites excluding steroid dienone is 2. The topological polar surface area (TPSA) is 47.6 Å². The van der Waals surface area contributed by atoms with Crippen molar-refractivity contribution < 1.29 is 4.79 Å². The zero-order chi connectivity index (χ0) is 16.5. The molecule has 0 spiro atoms. The van der Waals surface area contributed by atoms with Crippen molar-refractivity contribution in [3.05, 3.63) is 65.5 Å². The third-order valence-electron chi connectivity index (χ3n) is 4.63. The van der Waals surface area contributed by atoms with Crippen LogP contribution in [-0.2, 0) is 4.79 Å². The van der Waals surface area contributed by atoms with Gasteiger partial charge in [-0.1, -0.05) is 36.4 Å². The molecule has 0 radical (unpaired) electrons. The molecule has 3 aliphatic rings. The van der Waals surface area contributed by atoms with E-state index >= 15 is 0 Å². The lowest BCUT2D eigenvalue weighted by molar-refractivity contribution is -0.123. The normalized spacial score (nSPS) is 23.7. The van der Waals surface area contributed by atoms with Crippen molar-refractivity contribution in [2.75, 3.05) is 26.2 Å². The van der Waals surface area contributed by atoms with E-state index in [1.165, 1.54) is 16.8 Å². The second kappa shape index (κ2) is 6.17. The van der Waals surface area contributed by atoms with Crippen LogP contribution in [0.25, 0.3) is 5.70 Å². The Hall–Kier alpha value is -2.53. The average molecular weight is 322 g/mol. The lowest BCUT2D eigenvalue weighted by Gasteiger charge is -2.31. The first-order chi connectivity index (χ1) is 11.7. The second-order valence-corrected chi connectivity index (χ2v) is 6.48. The van der Waals surface area contributed by atoms with Gasteiger partial charge in [0.2, 0.25) is 5.91 Å². The van der Waals surface area contributed by atoms with Gasteiger partial charge in [-0.25, -0.2) is 0 Å². The van der Waals surface area contributed by atoms with Gasteiger partial charge in [-0.05, 0) is 24.1 Å². The van der Waals surface area contributed by atoms with Gasteiger partial charge in [0.05, 0.1) is 17.9 Å². The van der Waals surface area contributed by atoms with Crippen molar-refractivity contribution in [3.8, 4) is 0 Å². The lowest BCUT2D eigenvalue weighted by Crippen LogP contribution is -2.49. The fraction of sp³-hybridized carbons (Fsp3) is 0.316. The summed E-state index contributed by atoms with van der Waals surface area (Å²) in [7, 11) is 0. The number of nitrogens with zero attached hydrogens (tertiary/aromatic N) is 2. The molecule has 2 N–H and O–H groups in total. The Morgan fingerprint density at radius 2 is 2.08 bits per heavy atom. The summed E-state index contributed by atoms with van der Waals surface area (Å²) in [4.78, 5) is 16.2. The smallest absolute Gasteiger partial charge is 0.234 e. The Labute approximate surface area is 142 Å². The van der Waals surface area contributed by atoms with Crippen LogP contribution in [-0.4, -0.2) is 48.1 Å². The number of nitrogens with one attached hydrogen (secondary N) is 2. The predicted molar refractivity (Wildman–Crippen MR) is 94.5 cm³/mol. The van der Waals surface area contributed by atoms with Crippen molar-refractivity contribution in [2.45, 2.75) is 13.1 Å². The highest BCUT2D eigenvalue weighted by atomic mass is 16.2. The minimum Gasteiger partial charge on any atom is -0.360 e. The maximum Gasteiger partial charge on any atom is 0.234 e. The number of benzene rings is 1. The Kier molecular flexibility index (Phi) is 3.86. The van der Waals surface area contributed by atoms with Crippen LogP contribution in [0.1, 0.15) is 12.5 Å². The van der Waals surface area contributed by atoms with Gasteiger partial charge < -0.3 is 15.5 Å². The SMILES string of the molecule is CC1=CN2C(CN3CCNC(=O)C3)=C(c3ccccc3)NC2C=C1. The number of fused-ring (bicyclic) bond motifs is 1. The minimum atomic E-state index is 0.107. The molecule has 1 atom stereocenters. The van der Waals surface area contributed by atoms with Crippen LogP contribution in [0.3, 0.4) is 0 Å². The molecule has 1 aromatic carbocycles. The molecule has 1 saturated heterocycles. The highest BCUT2D eigenvalue weighted by Crippen LogP contribution is 2.31. The molecule has 24 heavy (non-hydrogen) atoms. The molecule has 1 aromatic rings. The molecule has 0 bridgehead atoms. The van der Waals surface area contributed by atoms with Crippen LogP contribution < -0.4 is 10.6 Å². The average Bonchev–Trinajstić information content (AvgIpc) is 2.94. The fourth-order valence-corrected chi connectivity index (χ4v) is 3.46. The molecule has 0 aromatic heterocycles. The quantitative estimate of drug-likeness (QED) is 0.885. The number of carbonyl (C=O) groups excluding carboxylic acids is 1. The van der Waals surface area contributed by atoms with Gasteiger partial charge in [0, 0.05) is 25.8 Å². The maximum absolute atomic E-state index is 11.7. The fourth-order valence-electron chi connectivity index (χ4n) is 3.46. The number of hydrogen-bond acceptors (Lipinski definition) is 4. The van der Waals surface area contributed by atoms with E-state index in [1.807, 2.05) is 6.07 Å². The van der Waals surface area contributed by atoms with Crippen molar-refractivity contribution in [2.24, 2.45) is 0 Å². The Bertz CT molecular complexity index is 735. The zero-order valence-electron chi connectivity index (χ0n) is 13.8. The van der Waals surface area contributed by atoms with E-state index < -0.39 is 0 Å². The molecule has 5 heteroatoms. The zero-order valence-corrected chi connectivity index (χ0v) is 13.8.